The summed E-state index contributed by atoms with van der Waals surface area (Å²) >= 11 is 5.43. The van der Waals surface area contributed by atoms with E-state index in [1.807, 2.05) is 0 Å². The van der Waals surface area contributed by atoms with Gasteiger partial charge >= 0.3 is 0 Å². The minimum absolute atomic E-state index is 0.0659. The highest BCUT2D eigenvalue weighted by Crippen LogP contribution is 2.22. The lowest BCUT2D eigenvalue weighted by atomic mass is 10.1. The van der Waals surface area contributed by atoms with E-state index in [4.69, 9.17) is 11.6 Å². The Morgan fingerprint density at radius 3 is 2.05 bits per heavy atom. The van der Waals surface area contributed by atoms with Gasteiger partial charge in [0, 0.05) is 6.20 Å². The van der Waals surface area contributed by atoms with Crippen LogP contribution in [-0.4, -0.2) is 21.7 Å². The van der Waals surface area contributed by atoms with Crippen molar-refractivity contribution < 1.29 is 14.4 Å². The van der Waals surface area contributed by atoms with Crippen molar-refractivity contribution in [2.75, 3.05) is 5.01 Å². The first-order valence-electron chi connectivity index (χ1n) is 5.46. The van der Waals surface area contributed by atoms with Crippen LogP contribution < -0.4 is 5.01 Å². The van der Waals surface area contributed by atoms with Gasteiger partial charge in [0.15, 0.2) is 0 Å². The lowest BCUT2D eigenvalue weighted by Gasteiger charge is -2.16. The molecule has 6 heteroatoms. The zero-order valence-corrected chi connectivity index (χ0v) is 10.3. The third kappa shape index (κ3) is 1.59. The molecule has 0 fully saturated rings. The number of rotatable bonds is 2. The third-order valence-electron chi connectivity index (χ3n) is 2.92. The van der Waals surface area contributed by atoms with Crippen LogP contribution in [0.2, 0.25) is 0 Å². The van der Waals surface area contributed by atoms with Gasteiger partial charge in [-0.2, -0.15) is 5.01 Å². The molecule has 1 aliphatic rings. The molecule has 0 bridgehead atoms. The van der Waals surface area contributed by atoms with Gasteiger partial charge in [0.25, 0.3) is 17.1 Å². The van der Waals surface area contributed by atoms with E-state index in [1.54, 1.807) is 30.3 Å². The highest BCUT2D eigenvalue weighted by molar-refractivity contribution is 6.67. The molecule has 0 atom stereocenters. The Labute approximate surface area is 113 Å². The van der Waals surface area contributed by atoms with Crippen LogP contribution in [0.5, 0.6) is 0 Å². The van der Waals surface area contributed by atoms with E-state index in [1.165, 1.54) is 16.9 Å². The maximum atomic E-state index is 12.2. The Morgan fingerprint density at radius 2 is 1.53 bits per heavy atom. The van der Waals surface area contributed by atoms with Crippen LogP contribution in [-0.2, 0) is 0 Å². The minimum Gasteiger partial charge on any atom is -0.274 e. The number of hydrogen-bond acceptors (Lipinski definition) is 3. The van der Waals surface area contributed by atoms with Gasteiger partial charge in [-0.25, -0.2) is 4.68 Å². The molecule has 1 aliphatic heterocycles. The number of nitrogens with zero attached hydrogens (tertiary/aromatic N) is 2. The molecule has 2 heterocycles. The molecule has 0 unspecified atom stereocenters. The molecule has 19 heavy (non-hydrogen) atoms. The Bertz CT molecular complexity index is 685. The fourth-order valence-corrected chi connectivity index (χ4v) is 2.22. The molecule has 0 spiro atoms. The van der Waals surface area contributed by atoms with Crippen LogP contribution >= 0.6 is 11.6 Å². The van der Waals surface area contributed by atoms with E-state index in [-0.39, 0.29) is 5.69 Å². The van der Waals surface area contributed by atoms with E-state index in [0.29, 0.717) is 11.1 Å². The molecular weight excluding hydrogens is 268 g/mol. The SMILES string of the molecule is O=C(Cl)c1cccn1N1C(=O)c2ccccc2C1=O. The van der Waals surface area contributed by atoms with E-state index >= 15 is 0 Å². The molecule has 0 N–H and O–H groups in total. The molecule has 0 saturated carbocycles. The minimum atomic E-state index is -0.735. The second-order valence-electron chi connectivity index (χ2n) is 3.98. The van der Waals surface area contributed by atoms with Crippen molar-refractivity contribution in [3.63, 3.8) is 0 Å². The number of imide groups is 1. The maximum absolute atomic E-state index is 12.2. The van der Waals surface area contributed by atoms with E-state index < -0.39 is 17.1 Å². The van der Waals surface area contributed by atoms with Crippen LogP contribution in [0.25, 0.3) is 0 Å². The van der Waals surface area contributed by atoms with Gasteiger partial charge in [0.2, 0.25) is 0 Å². The molecule has 1 aromatic carbocycles. The molecule has 2 amide bonds. The summed E-state index contributed by atoms with van der Waals surface area (Å²) in [5.41, 5.74) is 0.694. The number of halogens is 1. The van der Waals surface area contributed by atoms with Gasteiger partial charge in [-0.3, -0.25) is 14.4 Å². The van der Waals surface area contributed by atoms with E-state index in [2.05, 4.69) is 0 Å². The average Bonchev–Trinajstić information content (AvgIpc) is 2.95. The number of carbonyl (C=O) groups is 3. The number of benzene rings is 1. The molecule has 1 aromatic heterocycles. The van der Waals surface area contributed by atoms with Crippen LogP contribution in [0.3, 0.4) is 0 Å². The Kier molecular flexibility index (Phi) is 2.50. The lowest BCUT2D eigenvalue weighted by molar-refractivity contribution is 0.0884. The summed E-state index contributed by atoms with van der Waals surface area (Å²) < 4.78 is 1.17. The first kappa shape index (κ1) is 11.7. The molecule has 5 nitrogen and oxygen atoms in total. The first-order chi connectivity index (χ1) is 9.11. The summed E-state index contributed by atoms with van der Waals surface area (Å²) in [5.74, 6) is -0.952. The van der Waals surface area contributed by atoms with Crippen LogP contribution in [0.1, 0.15) is 31.2 Å². The zero-order chi connectivity index (χ0) is 13.6. The summed E-state index contributed by atoms with van der Waals surface area (Å²) in [7, 11) is 0. The fraction of sp³-hybridized carbons (Fsp3) is 0. The Hall–Kier alpha value is -2.40. The number of carbonyl (C=O) groups excluding carboxylic acids is 3. The molecule has 0 saturated heterocycles. The summed E-state index contributed by atoms with van der Waals surface area (Å²) in [5, 5.41) is 0.168. The fourth-order valence-electron chi connectivity index (χ4n) is 2.07. The average molecular weight is 275 g/mol. The smallest absolute Gasteiger partial charge is 0.274 e. The first-order valence-corrected chi connectivity index (χ1v) is 5.84. The predicted molar refractivity (Wildman–Crippen MR) is 67.9 cm³/mol. The normalized spacial score (nSPS) is 13.8. The second-order valence-corrected chi connectivity index (χ2v) is 4.32. The van der Waals surface area contributed by atoms with Crippen molar-refractivity contribution in [3.05, 3.63) is 59.4 Å². The summed E-state index contributed by atoms with van der Waals surface area (Å²) in [6, 6.07) is 9.48. The highest BCUT2D eigenvalue weighted by Gasteiger charge is 2.37. The Balaban J connectivity index is 2.14. The topological polar surface area (TPSA) is 59.4 Å². The van der Waals surface area contributed by atoms with Crippen molar-refractivity contribution in [2.24, 2.45) is 0 Å². The maximum Gasteiger partial charge on any atom is 0.281 e. The van der Waals surface area contributed by atoms with Crippen molar-refractivity contribution >= 4 is 28.7 Å². The highest BCUT2D eigenvalue weighted by atomic mass is 35.5. The van der Waals surface area contributed by atoms with Crippen molar-refractivity contribution in [2.45, 2.75) is 0 Å². The van der Waals surface area contributed by atoms with Gasteiger partial charge in [-0.05, 0) is 35.9 Å². The van der Waals surface area contributed by atoms with Gasteiger partial charge in [-0.15, -0.1) is 0 Å². The summed E-state index contributed by atoms with van der Waals surface area (Å²) in [4.78, 5) is 35.7. The predicted octanol–water partition coefficient (Wildman–Crippen LogP) is 1.80. The van der Waals surface area contributed by atoms with Gasteiger partial charge in [0.05, 0.1) is 11.1 Å². The lowest BCUT2D eigenvalue weighted by Crippen LogP contribution is -2.40. The van der Waals surface area contributed by atoms with Gasteiger partial charge < -0.3 is 0 Å². The van der Waals surface area contributed by atoms with E-state index in [9.17, 15) is 14.4 Å². The van der Waals surface area contributed by atoms with Crippen molar-refractivity contribution in [3.8, 4) is 0 Å². The monoisotopic (exact) mass is 274 g/mol. The van der Waals surface area contributed by atoms with Crippen LogP contribution in [0.4, 0.5) is 0 Å². The number of hydrogen-bond donors (Lipinski definition) is 0. The largest absolute Gasteiger partial charge is 0.281 e. The quantitative estimate of drug-likeness (QED) is 0.620. The molecular formula is C13H7ClN2O3. The number of fused-ring (bicyclic) bond motifs is 1. The second kappa shape index (κ2) is 4.07. The van der Waals surface area contributed by atoms with Crippen LogP contribution in [0.15, 0.2) is 42.6 Å². The molecule has 0 radical (unpaired) electrons. The Morgan fingerprint density at radius 1 is 0.947 bits per heavy atom. The van der Waals surface area contributed by atoms with Gasteiger partial charge in [-0.1, -0.05) is 12.1 Å². The summed E-state index contributed by atoms with van der Waals surface area (Å²) in [6.07, 6.45) is 1.44. The third-order valence-corrected chi connectivity index (χ3v) is 3.11. The molecule has 94 valence electrons. The van der Waals surface area contributed by atoms with Crippen molar-refractivity contribution in [1.29, 1.82) is 0 Å². The van der Waals surface area contributed by atoms with E-state index in [0.717, 1.165) is 5.01 Å². The summed E-state index contributed by atoms with van der Waals surface area (Å²) in [6.45, 7) is 0. The number of aromatic nitrogens is 1. The standard InChI is InChI=1S/C13H7ClN2O3/c14-11(17)10-6-3-7-15(10)16-12(18)8-4-1-2-5-9(8)13(16)19/h1-7H. The van der Waals surface area contributed by atoms with Crippen molar-refractivity contribution in [1.82, 2.24) is 4.68 Å². The van der Waals surface area contributed by atoms with Gasteiger partial charge in [0.1, 0.15) is 5.69 Å². The zero-order valence-electron chi connectivity index (χ0n) is 9.54. The molecule has 0 aliphatic carbocycles. The number of amides is 2. The van der Waals surface area contributed by atoms with Crippen LogP contribution in [0, 0.1) is 0 Å². The molecule has 3 rings (SSSR count). The molecule has 2 aromatic rings.